The zero-order chi connectivity index (χ0) is 7.28. The van der Waals surface area contributed by atoms with Gasteiger partial charge in [0.25, 0.3) is 0 Å². The highest BCUT2D eigenvalue weighted by atomic mass is 16.5. The van der Waals surface area contributed by atoms with E-state index in [4.69, 9.17) is 0 Å². The molecule has 1 saturated heterocycles. The van der Waals surface area contributed by atoms with E-state index in [0.29, 0.717) is 0 Å². The third kappa shape index (κ3) is 3.08. The molecule has 1 heterocycles. The average molecular weight is 131 g/mol. The standard InChI is InChI=1S/C4H7NO2.C2H6/c1-7-4(6)3-2-5-3;1-2/h3,5H,2H2,1H3;1-2H3. The topological polar surface area (TPSA) is 48.2 Å². The van der Waals surface area contributed by atoms with Crippen LogP contribution in [0.5, 0.6) is 0 Å². The van der Waals surface area contributed by atoms with Crippen LogP contribution in [0.25, 0.3) is 0 Å². The number of carbonyl (C=O) groups excluding carboxylic acids is 1. The van der Waals surface area contributed by atoms with E-state index in [1.165, 1.54) is 7.11 Å². The minimum Gasteiger partial charge on any atom is -0.468 e. The van der Waals surface area contributed by atoms with Crippen molar-refractivity contribution in [3.63, 3.8) is 0 Å². The van der Waals surface area contributed by atoms with Crippen LogP contribution in [0.2, 0.25) is 0 Å². The second kappa shape index (κ2) is 4.32. The number of nitrogens with one attached hydrogen (secondary N) is 1. The molecule has 0 aromatic carbocycles. The maximum atomic E-state index is 10.3. The van der Waals surface area contributed by atoms with Crippen molar-refractivity contribution < 1.29 is 9.53 Å². The van der Waals surface area contributed by atoms with Crippen molar-refractivity contribution in [2.45, 2.75) is 19.9 Å². The molecule has 3 nitrogen and oxygen atoms in total. The molecule has 0 amide bonds. The van der Waals surface area contributed by atoms with Gasteiger partial charge in [-0.2, -0.15) is 0 Å². The molecule has 1 N–H and O–H groups in total. The molecular weight excluding hydrogens is 118 g/mol. The summed E-state index contributed by atoms with van der Waals surface area (Å²) in [6.45, 7) is 4.78. The summed E-state index contributed by atoms with van der Waals surface area (Å²) < 4.78 is 4.37. The number of esters is 1. The fraction of sp³-hybridized carbons (Fsp3) is 0.833. The van der Waals surface area contributed by atoms with Gasteiger partial charge in [0.2, 0.25) is 0 Å². The van der Waals surface area contributed by atoms with Crippen molar-refractivity contribution in [1.82, 2.24) is 5.32 Å². The Morgan fingerprint density at radius 2 is 2.11 bits per heavy atom. The van der Waals surface area contributed by atoms with Crippen LogP contribution in [0, 0.1) is 0 Å². The average Bonchev–Trinajstić information content (AvgIpc) is 2.72. The van der Waals surface area contributed by atoms with Crippen molar-refractivity contribution in [3.8, 4) is 0 Å². The Labute approximate surface area is 55.4 Å². The van der Waals surface area contributed by atoms with Gasteiger partial charge >= 0.3 is 5.97 Å². The zero-order valence-electron chi connectivity index (χ0n) is 6.10. The lowest BCUT2D eigenvalue weighted by molar-refractivity contribution is -0.139. The number of hydrogen-bond donors (Lipinski definition) is 1. The maximum Gasteiger partial charge on any atom is 0.324 e. The SMILES string of the molecule is CC.COC(=O)C1CN1. The minimum absolute atomic E-state index is 0.00463. The van der Waals surface area contributed by atoms with Gasteiger partial charge in [0.1, 0.15) is 6.04 Å². The van der Waals surface area contributed by atoms with Crippen LogP contribution in [0.1, 0.15) is 13.8 Å². The van der Waals surface area contributed by atoms with Crippen molar-refractivity contribution in [3.05, 3.63) is 0 Å². The van der Waals surface area contributed by atoms with Gasteiger partial charge in [0, 0.05) is 6.54 Å². The summed E-state index contributed by atoms with van der Waals surface area (Å²) in [5, 5.41) is 2.81. The van der Waals surface area contributed by atoms with Gasteiger partial charge in [0.15, 0.2) is 0 Å². The van der Waals surface area contributed by atoms with Crippen LogP contribution in [0.3, 0.4) is 0 Å². The predicted molar refractivity (Wildman–Crippen MR) is 35.2 cm³/mol. The highest BCUT2D eigenvalue weighted by molar-refractivity contribution is 5.78. The third-order valence-electron chi connectivity index (χ3n) is 0.894. The number of rotatable bonds is 1. The Morgan fingerprint density at radius 1 is 1.67 bits per heavy atom. The van der Waals surface area contributed by atoms with Gasteiger partial charge in [0.05, 0.1) is 7.11 Å². The second-order valence-corrected chi connectivity index (χ2v) is 1.48. The molecule has 0 bridgehead atoms. The summed E-state index contributed by atoms with van der Waals surface area (Å²) >= 11 is 0. The van der Waals surface area contributed by atoms with Gasteiger partial charge in [-0.05, 0) is 0 Å². The highest BCUT2D eigenvalue weighted by Gasteiger charge is 2.29. The molecule has 1 aliphatic rings. The predicted octanol–water partition coefficient (Wildman–Crippen LogP) is 0.157. The monoisotopic (exact) mass is 131 g/mol. The van der Waals surface area contributed by atoms with Gasteiger partial charge in [-0.15, -0.1) is 0 Å². The fourth-order valence-corrected chi connectivity index (χ4v) is 0.368. The first-order valence-electron chi connectivity index (χ1n) is 3.16. The molecule has 1 atom stereocenters. The Kier molecular flexibility index (Phi) is 4.05. The van der Waals surface area contributed by atoms with Crippen molar-refractivity contribution in [2.24, 2.45) is 0 Å². The number of hydrogen-bond acceptors (Lipinski definition) is 3. The minimum atomic E-state index is -0.153. The lowest BCUT2D eigenvalue weighted by Crippen LogP contribution is -2.10. The fourth-order valence-electron chi connectivity index (χ4n) is 0.368. The van der Waals surface area contributed by atoms with Crippen LogP contribution in [-0.2, 0) is 9.53 Å². The summed E-state index contributed by atoms with van der Waals surface area (Å²) in [6.07, 6.45) is 0. The summed E-state index contributed by atoms with van der Waals surface area (Å²) in [7, 11) is 1.39. The number of methoxy groups -OCH3 is 1. The Bertz CT molecular complexity index is 89.1. The first-order valence-corrected chi connectivity index (χ1v) is 3.16. The molecule has 1 rings (SSSR count). The lowest BCUT2D eigenvalue weighted by atomic mass is 10.5. The molecule has 1 aliphatic heterocycles. The summed E-state index contributed by atoms with van der Waals surface area (Å²) in [5.74, 6) is -0.153. The molecule has 54 valence electrons. The van der Waals surface area contributed by atoms with E-state index in [2.05, 4.69) is 10.1 Å². The Hall–Kier alpha value is -0.570. The van der Waals surface area contributed by atoms with E-state index in [1.54, 1.807) is 0 Å². The molecule has 1 unspecified atom stereocenters. The van der Waals surface area contributed by atoms with E-state index in [1.807, 2.05) is 13.8 Å². The van der Waals surface area contributed by atoms with E-state index >= 15 is 0 Å². The van der Waals surface area contributed by atoms with Crippen LogP contribution in [0.15, 0.2) is 0 Å². The molecule has 0 aromatic heterocycles. The van der Waals surface area contributed by atoms with Crippen molar-refractivity contribution in [2.75, 3.05) is 13.7 Å². The summed E-state index contributed by atoms with van der Waals surface area (Å²) in [6, 6.07) is 0.00463. The molecule has 0 radical (unpaired) electrons. The normalized spacial score (nSPS) is 21.4. The van der Waals surface area contributed by atoms with Crippen molar-refractivity contribution >= 4 is 5.97 Å². The second-order valence-electron chi connectivity index (χ2n) is 1.48. The van der Waals surface area contributed by atoms with Crippen molar-refractivity contribution in [1.29, 1.82) is 0 Å². The summed E-state index contributed by atoms with van der Waals surface area (Å²) in [4.78, 5) is 10.3. The Morgan fingerprint density at radius 3 is 2.22 bits per heavy atom. The number of carbonyl (C=O) groups is 1. The van der Waals surface area contributed by atoms with Gasteiger partial charge < -0.3 is 10.1 Å². The molecule has 0 spiro atoms. The first kappa shape index (κ1) is 8.43. The quantitative estimate of drug-likeness (QED) is 0.407. The van der Waals surface area contributed by atoms with E-state index in [9.17, 15) is 4.79 Å². The van der Waals surface area contributed by atoms with E-state index < -0.39 is 0 Å². The first-order chi connectivity index (χ1) is 4.34. The van der Waals surface area contributed by atoms with Gasteiger partial charge in [-0.3, -0.25) is 4.79 Å². The molecule has 0 aromatic rings. The van der Waals surface area contributed by atoms with Gasteiger partial charge in [-0.25, -0.2) is 0 Å². The summed E-state index contributed by atoms with van der Waals surface area (Å²) in [5.41, 5.74) is 0. The van der Waals surface area contributed by atoms with Crippen LogP contribution >= 0.6 is 0 Å². The smallest absolute Gasteiger partial charge is 0.324 e. The van der Waals surface area contributed by atoms with E-state index in [-0.39, 0.29) is 12.0 Å². The molecule has 0 saturated carbocycles. The molecule has 3 heteroatoms. The molecular formula is C6H13NO2. The molecule has 9 heavy (non-hydrogen) atoms. The van der Waals surface area contributed by atoms with Crippen LogP contribution < -0.4 is 5.32 Å². The lowest BCUT2D eigenvalue weighted by Gasteiger charge is -1.88. The third-order valence-corrected chi connectivity index (χ3v) is 0.894. The molecule has 0 aliphatic carbocycles. The van der Waals surface area contributed by atoms with Gasteiger partial charge in [-0.1, -0.05) is 13.8 Å². The van der Waals surface area contributed by atoms with Crippen LogP contribution in [0.4, 0.5) is 0 Å². The number of ether oxygens (including phenoxy) is 1. The largest absolute Gasteiger partial charge is 0.468 e. The Balaban J connectivity index is 0.000000291. The molecule has 1 fully saturated rings. The van der Waals surface area contributed by atoms with Crippen LogP contribution in [-0.4, -0.2) is 25.7 Å². The highest BCUT2D eigenvalue weighted by Crippen LogP contribution is 1.96. The van der Waals surface area contributed by atoms with E-state index in [0.717, 1.165) is 6.54 Å². The maximum absolute atomic E-state index is 10.3. The zero-order valence-corrected chi connectivity index (χ0v) is 6.10.